The Labute approximate surface area is 89.9 Å². The maximum absolute atomic E-state index is 11.6. The van der Waals surface area contributed by atoms with E-state index in [0.717, 1.165) is 12.1 Å². The Bertz CT molecular complexity index is 341. The van der Waals surface area contributed by atoms with Gasteiger partial charge in [-0.1, -0.05) is 12.5 Å². The second kappa shape index (κ2) is 4.43. The maximum atomic E-state index is 11.6. The summed E-state index contributed by atoms with van der Waals surface area (Å²) in [5, 5.41) is 2.92. The molecule has 0 unspecified atom stereocenters. The van der Waals surface area contributed by atoms with Crippen LogP contribution in [0.5, 0.6) is 0 Å². The lowest BCUT2D eigenvalue weighted by Crippen LogP contribution is -2.32. The zero-order valence-electron chi connectivity index (χ0n) is 8.99. The fourth-order valence-electron chi connectivity index (χ4n) is 1.63. The van der Waals surface area contributed by atoms with Gasteiger partial charge >= 0.3 is 0 Å². The molecule has 3 nitrogen and oxygen atoms in total. The number of rotatable bonds is 3. The van der Waals surface area contributed by atoms with Crippen LogP contribution in [0.25, 0.3) is 0 Å². The number of hydrogen-bond acceptors (Lipinski definition) is 2. The normalized spacial score (nSPS) is 15.8. The van der Waals surface area contributed by atoms with Crippen molar-refractivity contribution in [2.75, 3.05) is 6.54 Å². The lowest BCUT2D eigenvalue weighted by Gasteiger charge is -2.25. The minimum Gasteiger partial charge on any atom is -0.350 e. The van der Waals surface area contributed by atoms with E-state index in [4.69, 9.17) is 0 Å². The van der Waals surface area contributed by atoms with Crippen molar-refractivity contribution in [3.63, 3.8) is 0 Å². The van der Waals surface area contributed by atoms with Crippen LogP contribution in [0.3, 0.4) is 0 Å². The molecule has 0 bridgehead atoms. The molecular formula is C12H16N2O. The molecule has 80 valence electrons. The van der Waals surface area contributed by atoms with E-state index in [1.54, 1.807) is 12.3 Å². The van der Waals surface area contributed by atoms with Gasteiger partial charge < -0.3 is 5.32 Å². The number of aryl methyl sites for hydroxylation is 1. The van der Waals surface area contributed by atoms with Crippen LogP contribution in [0.4, 0.5) is 0 Å². The van der Waals surface area contributed by atoms with Crippen molar-refractivity contribution in [3.8, 4) is 0 Å². The zero-order valence-corrected chi connectivity index (χ0v) is 8.99. The molecular weight excluding hydrogens is 188 g/mol. The van der Waals surface area contributed by atoms with Crippen molar-refractivity contribution in [2.24, 2.45) is 5.92 Å². The van der Waals surface area contributed by atoms with E-state index in [1.165, 1.54) is 19.3 Å². The van der Waals surface area contributed by atoms with E-state index in [1.807, 2.05) is 13.0 Å². The standard InChI is InChI=1S/C12H16N2O/c1-9-5-6-11(13-7-9)12(15)14-8-10-3-2-4-10/h5-7,10H,2-4,8H2,1H3,(H,14,15). The number of nitrogens with one attached hydrogen (secondary N) is 1. The average molecular weight is 204 g/mol. The fourth-order valence-corrected chi connectivity index (χ4v) is 1.63. The van der Waals surface area contributed by atoms with Crippen LogP contribution in [0.2, 0.25) is 0 Å². The Morgan fingerprint density at radius 1 is 1.53 bits per heavy atom. The van der Waals surface area contributed by atoms with Crippen molar-refractivity contribution in [1.82, 2.24) is 10.3 Å². The summed E-state index contributed by atoms with van der Waals surface area (Å²) in [5.74, 6) is 0.640. The summed E-state index contributed by atoms with van der Waals surface area (Å²) >= 11 is 0. The van der Waals surface area contributed by atoms with Gasteiger partial charge in [-0.3, -0.25) is 9.78 Å². The molecule has 1 N–H and O–H groups in total. The molecule has 2 rings (SSSR count). The third-order valence-corrected chi connectivity index (χ3v) is 2.92. The van der Waals surface area contributed by atoms with Gasteiger partial charge in [-0.25, -0.2) is 0 Å². The third-order valence-electron chi connectivity index (χ3n) is 2.92. The number of carbonyl (C=O) groups excluding carboxylic acids is 1. The molecule has 1 amide bonds. The highest BCUT2D eigenvalue weighted by atomic mass is 16.1. The summed E-state index contributed by atoms with van der Waals surface area (Å²) in [6, 6.07) is 3.68. The van der Waals surface area contributed by atoms with E-state index in [2.05, 4.69) is 10.3 Å². The molecule has 0 radical (unpaired) electrons. The maximum Gasteiger partial charge on any atom is 0.269 e. The van der Waals surface area contributed by atoms with Gasteiger partial charge in [-0.2, -0.15) is 0 Å². The van der Waals surface area contributed by atoms with Gasteiger partial charge in [-0.15, -0.1) is 0 Å². The fraction of sp³-hybridized carbons (Fsp3) is 0.500. The molecule has 1 aromatic rings. The van der Waals surface area contributed by atoms with E-state index >= 15 is 0 Å². The summed E-state index contributed by atoms with van der Waals surface area (Å²) in [7, 11) is 0. The highest BCUT2D eigenvalue weighted by Gasteiger charge is 2.18. The summed E-state index contributed by atoms with van der Waals surface area (Å²) in [6.45, 7) is 2.76. The van der Waals surface area contributed by atoms with Crippen molar-refractivity contribution in [1.29, 1.82) is 0 Å². The Kier molecular flexibility index (Phi) is 2.99. The molecule has 1 aliphatic carbocycles. The van der Waals surface area contributed by atoms with Gasteiger partial charge in [-0.05, 0) is 37.3 Å². The third kappa shape index (κ3) is 2.55. The molecule has 0 aromatic carbocycles. The predicted molar refractivity (Wildman–Crippen MR) is 58.6 cm³/mol. The smallest absolute Gasteiger partial charge is 0.269 e. The van der Waals surface area contributed by atoms with Crippen molar-refractivity contribution in [2.45, 2.75) is 26.2 Å². The predicted octanol–water partition coefficient (Wildman–Crippen LogP) is 1.92. The van der Waals surface area contributed by atoms with E-state index < -0.39 is 0 Å². The Morgan fingerprint density at radius 2 is 2.33 bits per heavy atom. The molecule has 0 atom stereocenters. The molecule has 0 saturated heterocycles. The Morgan fingerprint density at radius 3 is 2.87 bits per heavy atom. The molecule has 0 spiro atoms. The molecule has 1 heterocycles. The van der Waals surface area contributed by atoms with Gasteiger partial charge in [0.2, 0.25) is 0 Å². The number of aromatic nitrogens is 1. The second-order valence-corrected chi connectivity index (χ2v) is 4.23. The summed E-state index contributed by atoms with van der Waals surface area (Å²) in [6.07, 6.45) is 5.53. The molecule has 15 heavy (non-hydrogen) atoms. The molecule has 1 saturated carbocycles. The van der Waals surface area contributed by atoms with Crippen LogP contribution in [0, 0.1) is 12.8 Å². The van der Waals surface area contributed by atoms with Crippen LogP contribution in [-0.2, 0) is 0 Å². The van der Waals surface area contributed by atoms with Crippen molar-refractivity contribution < 1.29 is 4.79 Å². The minimum atomic E-state index is -0.0538. The largest absolute Gasteiger partial charge is 0.350 e. The van der Waals surface area contributed by atoms with Gasteiger partial charge in [0.05, 0.1) is 0 Å². The SMILES string of the molecule is Cc1ccc(C(=O)NCC2CCC2)nc1. The van der Waals surface area contributed by atoms with Gasteiger partial charge in [0.1, 0.15) is 5.69 Å². The van der Waals surface area contributed by atoms with E-state index in [-0.39, 0.29) is 5.91 Å². The van der Waals surface area contributed by atoms with E-state index in [0.29, 0.717) is 11.6 Å². The lowest BCUT2D eigenvalue weighted by molar-refractivity contribution is 0.0934. The number of hydrogen-bond donors (Lipinski definition) is 1. The lowest BCUT2D eigenvalue weighted by atomic mass is 9.85. The number of nitrogens with zero attached hydrogens (tertiary/aromatic N) is 1. The first-order valence-corrected chi connectivity index (χ1v) is 5.46. The van der Waals surface area contributed by atoms with Crippen molar-refractivity contribution >= 4 is 5.91 Å². The molecule has 0 aliphatic heterocycles. The molecule has 3 heteroatoms. The molecule has 1 aliphatic rings. The quantitative estimate of drug-likeness (QED) is 0.817. The monoisotopic (exact) mass is 204 g/mol. The highest BCUT2D eigenvalue weighted by molar-refractivity contribution is 5.92. The first-order valence-electron chi connectivity index (χ1n) is 5.46. The van der Waals surface area contributed by atoms with Gasteiger partial charge in [0.15, 0.2) is 0 Å². The summed E-state index contributed by atoms with van der Waals surface area (Å²) < 4.78 is 0. The van der Waals surface area contributed by atoms with E-state index in [9.17, 15) is 4.79 Å². The summed E-state index contributed by atoms with van der Waals surface area (Å²) in [5.41, 5.74) is 1.59. The first-order chi connectivity index (χ1) is 7.25. The first kappa shape index (κ1) is 10.1. The molecule has 1 aromatic heterocycles. The minimum absolute atomic E-state index is 0.0538. The zero-order chi connectivity index (χ0) is 10.7. The van der Waals surface area contributed by atoms with Gasteiger partial charge in [0, 0.05) is 12.7 Å². The summed E-state index contributed by atoms with van der Waals surface area (Å²) in [4.78, 5) is 15.7. The van der Waals surface area contributed by atoms with Crippen LogP contribution in [0.15, 0.2) is 18.3 Å². The molecule has 1 fully saturated rings. The van der Waals surface area contributed by atoms with Crippen LogP contribution < -0.4 is 5.32 Å². The van der Waals surface area contributed by atoms with Gasteiger partial charge in [0.25, 0.3) is 5.91 Å². The van der Waals surface area contributed by atoms with Crippen molar-refractivity contribution in [3.05, 3.63) is 29.6 Å². The number of carbonyl (C=O) groups is 1. The second-order valence-electron chi connectivity index (χ2n) is 4.23. The number of amides is 1. The number of pyridine rings is 1. The average Bonchev–Trinajstić information content (AvgIpc) is 2.16. The topological polar surface area (TPSA) is 42.0 Å². The van der Waals surface area contributed by atoms with Crippen LogP contribution in [0.1, 0.15) is 35.3 Å². The Balaban J connectivity index is 1.86. The highest BCUT2D eigenvalue weighted by Crippen LogP contribution is 2.25. The van der Waals surface area contributed by atoms with Crippen LogP contribution in [-0.4, -0.2) is 17.4 Å². The Hall–Kier alpha value is -1.38. The van der Waals surface area contributed by atoms with Crippen LogP contribution >= 0.6 is 0 Å².